The minimum atomic E-state index is -0.755. The first-order chi connectivity index (χ1) is 13.2. The van der Waals surface area contributed by atoms with E-state index in [0.717, 1.165) is 0 Å². The molecule has 0 heterocycles. The first-order valence-corrected chi connectivity index (χ1v) is 8.20. The molecule has 3 aromatic rings. The first kappa shape index (κ1) is 17.9. The quantitative estimate of drug-likeness (QED) is 0.220. The molecule has 0 radical (unpaired) electrons. The lowest BCUT2D eigenvalue weighted by Gasteiger charge is -2.05. The van der Waals surface area contributed by atoms with E-state index in [1.54, 1.807) is 91.0 Å². The number of rotatable bonds is 6. The highest BCUT2D eigenvalue weighted by Gasteiger charge is 2.25. The zero-order chi connectivity index (χ0) is 19.1. The smallest absolute Gasteiger partial charge is 0.312 e. The number of Topliss-reactive ketones (excluding diaryl/α,β-unsaturated/α-hetero) is 2. The lowest BCUT2D eigenvalue weighted by atomic mass is 9.99. The Labute approximate surface area is 155 Å². The summed E-state index contributed by atoms with van der Waals surface area (Å²) in [6, 6.07) is 24.7. The second-order valence-electron chi connectivity index (χ2n) is 5.57. The average Bonchev–Trinajstić information content (AvgIpc) is 2.75. The molecule has 5 nitrogen and oxygen atoms in total. The molecule has 132 valence electrons. The van der Waals surface area contributed by atoms with E-state index < -0.39 is 23.2 Å². The molecule has 5 heteroatoms. The molecule has 0 aliphatic carbocycles. The van der Waals surface area contributed by atoms with Crippen LogP contribution in [0.15, 0.2) is 96.2 Å². The fourth-order valence-electron chi connectivity index (χ4n) is 2.35. The molecule has 3 aromatic carbocycles. The van der Waals surface area contributed by atoms with Crippen molar-refractivity contribution in [3.8, 4) is 0 Å². The van der Waals surface area contributed by atoms with Gasteiger partial charge in [-0.05, 0) is 12.1 Å². The maximum Gasteiger partial charge on any atom is 0.365 e. The van der Waals surface area contributed by atoms with E-state index in [0.29, 0.717) is 0 Å². The van der Waals surface area contributed by atoms with Crippen LogP contribution < -0.4 is 0 Å². The number of carbonyl (C=O) groups excluding carboxylic acids is 3. The van der Waals surface area contributed by atoms with E-state index in [4.69, 9.17) is 4.84 Å². The standard InChI is InChI=1S/C22H15NO4/c24-20(16-10-4-1-5-11-16)19(21(25)17-12-6-2-7-13-17)23-27-22(26)18-14-8-3-9-15-18/h1-15H. The van der Waals surface area contributed by atoms with Crippen LogP contribution in [0.4, 0.5) is 0 Å². The minimum Gasteiger partial charge on any atom is -0.312 e. The summed E-state index contributed by atoms with van der Waals surface area (Å²) >= 11 is 0. The van der Waals surface area contributed by atoms with Gasteiger partial charge in [0.1, 0.15) is 0 Å². The van der Waals surface area contributed by atoms with Crippen LogP contribution in [0, 0.1) is 0 Å². The van der Waals surface area contributed by atoms with Gasteiger partial charge in [0.15, 0.2) is 5.71 Å². The highest BCUT2D eigenvalue weighted by Crippen LogP contribution is 2.09. The van der Waals surface area contributed by atoms with Crippen molar-refractivity contribution in [1.82, 2.24) is 0 Å². The van der Waals surface area contributed by atoms with Gasteiger partial charge in [-0.3, -0.25) is 9.59 Å². The van der Waals surface area contributed by atoms with Gasteiger partial charge in [0.05, 0.1) is 5.56 Å². The number of hydrogen-bond acceptors (Lipinski definition) is 5. The number of hydrogen-bond donors (Lipinski definition) is 0. The lowest BCUT2D eigenvalue weighted by molar-refractivity contribution is 0.0515. The normalized spacial score (nSPS) is 9.93. The van der Waals surface area contributed by atoms with E-state index in [1.165, 1.54) is 0 Å². The molecule has 0 aliphatic heterocycles. The summed E-state index contributed by atoms with van der Waals surface area (Å²) in [5.41, 5.74) is 0.351. The molecular formula is C22H15NO4. The molecule has 27 heavy (non-hydrogen) atoms. The summed E-state index contributed by atoms with van der Waals surface area (Å²) in [6.07, 6.45) is 0. The van der Waals surface area contributed by atoms with Crippen molar-refractivity contribution < 1.29 is 19.2 Å². The highest BCUT2D eigenvalue weighted by molar-refractivity contribution is 6.71. The van der Waals surface area contributed by atoms with Gasteiger partial charge in [-0.25, -0.2) is 4.79 Å². The van der Waals surface area contributed by atoms with Crippen LogP contribution in [-0.4, -0.2) is 23.2 Å². The molecule has 0 unspecified atom stereocenters. The summed E-state index contributed by atoms with van der Waals surface area (Å²) in [6.45, 7) is 0. The van der Waals surface area contributed by atoms with E-state index >= 15 is 0 Å². The molecular weight excluding hydrogens is 342 g/mol. The predicted octanol–water partition coefficient (Wildman–Crippen LogP) is 3.97. The van der Waals surface area contributed by atoms with Crippen LogP contribution in [0.2, 0.25) is 0 Å². The van der Waals surface area contributed by atoms with Gasteiger partial charge in [-0.15, -0.1) is 0 Å². The third-order valence-corrected chi connectivity index (χ3v) is 3.73. The van der Waals surface area contributed by atoms with Crippen LogP contribution in [0.1, 0.15) is 31.1 Å². The Morgan fingerprint density at radius 2 is 0.926 bits per heavy atom. The number of nitrogens with zero attached hydrogens (tertiary/aromatic N) is 1. The monoisotopic (exact) mass is 357 g/mol. The van der Waals surface area contributed by atoms with Gasteiger partial charge in [0, 0.05) is 11.1 Å². The topological polar surface area (TPSA) is 72.8 Å². The Balaban J connectivity index is 1.93. The van der Waals surface area contributed by atoms with Crippen molar-refractivity contribution in [2.45, 2.75) is 0 Å². The summed E-state index contributed by atoms with van der Waals surface area (Å²) < 4.78 is 0. The number of carbonyl (C=O) groups is 3. The minimum absolute atomic E-state index is 0.264. The van der Waals surface area contributed by atoms with Gasteiger partial charge in [-0.2, -0.15) is 0 Å². The molecule has 0 saturated carbocycles. The maximum absolute atomic E-state index is 12.8. The fourth-order valence-corrected chi connectivity index (χ4v) is 2.35. The fraction of sp³-hybridized carbons (Fsp3) is 0. The maximum atomic E-state index is 12.8. The van der Waals surface area contributed by atoms with Crippen molar-refractivity contribution in [3.63, 3.8) is 0 Å². The summed E-state index contributed by atoms with van der Waals surface area (Å²) in [5, 5.41) is 3.62. The summed E-state index contributed by atoms with van der Waals surface area (Å²) in [7, 11) is 0. The van der Waals surface area contributed by atoms with Crippen LogP contribution in [0.25, 0.3) is 0 Å². The SMILES string of the molecule is O=C(ON=C(C(=O)c1ccccc1)C(=O)c1ccccc1)c1ccccc1. The Morgan fingerprint density at radius 1 is 0.556 bits per heavy atom. The Morgan fingerprint density at radius 3 is 1.33 bits per heavy atom. The second-order valence-corrected chi connectivity index (χ2v) is 5.57. The van der Waals surface area contributed by atoms with Crippen LogP contribution in [-0.2, 0) is 4.84 Å². The highest BCUT2D eigenvalue weighted by atomic mass is 16.7. The molecule has 0 bridgehead atoms. The van der Waals surface area contributed by atoms with Gasteiger partial charge in [0.2, 0.25) is 11.6 Å². The third-order valence-electron chi connectivity index (χ3n) is 3.73. The molecule has 0 atom stereocenters. The van der Waals surface area contributed by atoms with Gasteiger partial charge < -0.3 is 4.84 Å². The molecule has 0 N–H and O–H groups in total. The van der Waals surface area contributed by atoms with Crippen molar-refractivity contribution in [2.75, 3.05) is 0 Å². The zero-order valence-electron chi connectivity index (χ0n) is 14.2. The molecule has 0 aliphatic rings. The summed E-state index contributed by atoms with van der Waals surface area (Å²) in [4.78, 5) is 42.5. The summed E-state index contributed by atoms with van der Waals surface area (Å²) in [5.74, 6) is -1.99. The van der Waals surface area contributed by atoms with Gasteiger partial charge in [-0.1, -0.05) is 84.0 Å². The number of oxime groups is 1. The van der Waals surface area contributed by atoms with Crippen LogP contribution >= 0.6 is 0 Å². The largest absolute Gasteiger partial charge is 0.365 e. The first-order valence-electron chi connectivity index (χ1n) is 8.20. The molecule has 0 saturated heterocycles. The zero-order valence-corrected chi connectivity index (χ0v) is 14.2. The van der Waals surface area contributed by atoms with Gasteiger partial charge >= 0.3 is 5.97 Å². The lowest BCUT2D eigenvalue weighted by Crippen LogP contribution is -2.25. The predicted molar refractivity (Wildman–Crippen MR) is 101 cm³/mol. The molecule has 0 amide bonds. The molecule has 0 aromatic heterocycles. The molecule has 0 fully saturated rings. The Kier molecular flexibility index (Phi) is 5.64. The second kappa shape index (κ2) is 8.49. The Bertz CT molecular complexity index is 927. The van der Waals surface area contributed by atoms with Gasteiger partial charge in [0.25, 0.3) is 0 Å². The third kappa shape index (κ3) is 4.41. The number of benzene rings is 3. The van der Waals surface area contributed by atoms with E-state index in [2.05, 4.69) is 5.16 Å². The Hall–Kier alpha value is -3.86. The van der Waals surface area contributed by atoms with Crippen LogP contribution in [0.3, 0.4) is 0 Å². The molecule has 3 rings (SSSR count). The van der Waals surface area contributed by atoms with Crippen molar-refractivity contribution in [2.24, 2.45) is 5.16 Å². The van der Waals surface area contributed by atoms with Crippen LogP contribution in [0.5, 0.6) is 0 Å². The van der Waals surface area contributed by atoms with E-state index in [9.17, 15) is 14.4 Å². The van der Waals surface area contributed by atoms with Crippen molar-refractivity contribution in [3.05, 3.63) is 108 Å². The molecule has 0 spiro atoms. The van der Waals surface area contributed by atoms with E-state index in [-0.39, 0.29) is 16.7 Å². The van der Waals surface area contributed by atoms with Crippen molar-refractivity contribution in [1.29, 1.82) is 0 Å². The van der Waals surface area contributed by atoms with Crippen molar-refractivity contribution >= 4 is 23.2 Å². The number of ketones is 2. The van der Waals surface area contributed by atoms with E-state index in [1.807, 2.05) is 0 Å². The average molecular weight is 357 g/mol.